The lowest BCUT2D eigenvalue weighted by molar-refractivity contribution is -0.148. The lowest BCUT2D eigenvalue weighted by Gasteiger charge is -2.28. The molecule has 0 unspecified atom stereocenters. The molecule has 11 heteroatoms. The summed E-state index contributed by atoms with van der Waals surface area (Å²) in [5.41, 5.74) is 1.19. The van der Waals surface area contributed by atoms with Gasteiger partial charge in [0.05, 0.1) is 6.54 Å². The van der Waals surface area contributed by atoms with E-state index in [0.29, 0.717) is 18.2 Å². The fraction of sp³-hybridized carbons (Fsp3) is 0.500. The molecule has 2 aromatic heterocycles. The Bertz CT molecular complexity index is 1310. The Balaban J connectivity index is 1.51. The van der Waals surface area contributed by atoms with Crippen molar-refractivity contribution in [3.05, 3.63) is 39.4 Å². The standard InChI is InChI=1S/C26H30IN5O5/c1-14(2)22-24(33)32-13-16(11-20(32)25(34)35)36-23-18-10-15(8-9-17(18)19(27)12-28-23)6-4-3-5-7-21-30-31-26(29-22)37-21/h8-10,12,14,16,20,22H,3-7,11,13H2,1-2H3,(H,29,31)(H,34,35)/t16-,20+,22+/m1/s1. The maximum atomic E-state index is 13.6. The number of pyridine rings is 1. The first-order chi connectivity index (χ1) is 17.8. The van der Waals surface area contributed by atoms with Crippen LogP contribution in [0.1, 0.15) is 51.0 Å². The number of rotatable bonds is 2. The number of amides is 1. The van der Waals surface area contributed by atoms with Gasteiger partial charge in [-0.15, -0.1) is 5.10 Å². The summed E-state index contributed by atoms with van der Waals surface area (Å²) >= 11 is 2.26. The zero-order valence-electron chi connectivity index (χ0n) is 20.8. The number of benzene rings is 1. The number of anilines is 1. The van der Waals surface area contributed by atoms with Crippen molar-refractivity contribution in [1.82, 2.24) is 20.1 Å². The zero-order valence-corrected chi connectivity index (χ0v) is 23.0. The van der Waals surface area contributed by atoms with Crippen molar-refractivity contribution in [3.63, 3.8) is 0 Å². The monoisotopic (exact) mass is 619 g/mol. The fourth-order valence-corrected chi connectivity index (χ4v) is 5.63. The van der Waals surface area contributed by atoms with Crippen molar-refractivity contribution in [1.29, 1.82) is 0 Å². The number of hydrogen-bond acceptors (Lipinski definition) is 8. The topological polar surface area (TPSA) is 131 Å². The van der Waals surface area contributed by atoms with E-state index in [2.05, 4.69) is 61.3 Å². The van der Waals surface area contributed by atoms with E-state index in [9.17, 15) is 14.7 Å². The van der Waals surface area contributed by atoms with Gasteiger partial charge in [-0.3, -0.25) is 4.79 Å². The molecule has 2 aliphatic heterocycles. The number of halogens is 1. The third kappa shape index (κ3) is 5.51. The molecule has 0 aliphatic carbocycles. The van der Waals surface area contributed by atoms with E-state index >= 15 is 0 Å². The Hall–Kier alpha value is -2.96. The van der Waals surface area contributed by atoms with Crippen molar-refractivity contribution in [3.8, 4) is 5.88 Å². The highest BCUT2D eigenvalue weighted by atomic mass is 127. The van der Waals surface area contributed by atoms with E-state index in [4.69, 9.17) is 9.15 Å². The quantitative estimate of drug-likeness (QED) is 0.408. The molecule has 1 amide bonds. The van der Waals surface area contributed by atoms with E-state index < -0.39 is 24.2 Å². The molecule has 10 nitrogen and oxygen atoms in total. The summed E-state index contributed by atoms with van der Waals surface area (Å²) in [7, 11) is 0. The number of aliphatic carboxylic acids is 1. The molecule has 2 aliphatic rings. The lowest BCUT2D eigenvalue weighted by Crippen LogP contribution is -2.50. The van der Waals surface area contributed by atoms with Crippen LogP contribution in [0.15, 0.2) is 28.8 Å². The van der Waals surface area contributed by atoms with Crippen molar-refractivity contribution >= 4 is 51.3 Å². The highest BCUT2D eigenvalue weighted by Gasteiger charge is 2.44. The van der Waals surface area contributed by atoms with Crippen molar-refractivity contribution < 1.29 is 23.8 Å². The molecule has 5 rings (SSSR count). The second kappa shape index (κ2) is 10.8. The third-order valence-electron chi connectivity index (χ3n) is 7.01. The van der Waals surface area contributed by atoms with Gasteiger partial charge in [0.25, 0.3) is 0 Å². The van der Waals surface area contributed by atoms with E-state index in [1.54, 1.807) is 6.20 Å². The number of carboxylic acid groups (broad SMARTS) is 1. The molecule has 196 valence electrons. The second-order valence-electron chi connectivity index (χ2n) is 10.0. The van der Waals surface area contributed by atoms with Gasteiger partial charge in [-0.1, -0.05) is 37.5 Å². The molecule has 1 fully saturated rings. The Labute approximate surface area is 228 Å². The van der Waals surface area contributed by atoms with Gasteiger partial charge in [-0.25, -0.2) is 9.78 Å². The summed E-state index contributed by atoms with van der Waals surface area (Å²) in [6.07, 6.45) is 5.93. The number of aryl methyl sites for hydroxylation is 2. The minimum atomic E-state index is -1.06. The molecular weight excluding hydrogens is 589 g/mol. The molecule has 37 heavy (non-hydrogen) atoms. The van der Waals surface area contributed by atoms with Crippen LogP contribution in [0.4, 0.5) is 6.01 Å². The zero-order chi connectivity index (χ0) is 26.1. The van der Waals surface area contributed by atoms with Crippen LogP contribution in [0.3, 0.4) is 0 Å². The van der Waals surface area contributed by atoms with Gasteiger partial charge >= 0.3 is 12.0 Å². The summed E-state index contributed by atoms with van der Waals surface area (Å²) < 4.78 is 13.1. The minimum absolute atomic E-state index is 0.143. The number of carboxylic acids is 1. The van der Waals surface area contributed by atoms with E-state index in [1.807, 2.05) is 13.8 Å². The average Bonchev–Trinajstić information content (AvgIpc) is 3.50. The molecule has 3 aromatic rings. The van der Waals surface area contributed by atoms with Crippen LogP contribution in [0.25, 0.3) is 10.8 Å². The van der Waals surface area contributed by atoms with Gasteiger partial charge < -0.3 is 24.5 Å². The molecule has 0 saturated carbocycles. The molecule has 0 radical (unpaired) electrons. The second-order valence-corrected chi connectivity index (χ2v) is 11.2. The molecule has 6 bridgehead atoms. The SMILES string of the molecule is CC(C)[C@@H]1Nc2nnc(o2)CCCCCc2ccc3c(I)cnc(c3c2)O[C@@H]2C[C@@H](C(=O)O)N(C2)C1=O. The summed E-state index contributed by atoms with van der Waals surface area (Å²) in [4.78, 5) is 31.7. The molecule has 2 N–H and O–H groups in total. The highest BCUT2D eigenvalue weighted by Crippen LogP contribution is 2.32. The van der Waals surface area contributed by atoms with Crippen LogP contribution in [-0.2, 0) is 22.4 Å². The molecule has 1 saturated heterocycles. The summed E-state index contributed by atoms with van der Waals surface area (Å²) in [6, 6.07) is 4.78. The van der Waals surface area contributed by atoms with Crippen molar-refractivity contribution in [2.75, 3.05) is 11.9 Å². The van der Waals surface area contributed by atoms with Crippen LogP contribution in [0, 0.1) is 9.49 Å². The predicted molar refractivity (Wildman–Crippen MR) is 144 cm³/mol. The normalized spacial score (nSPS) is 22.9. The smallest absolute Gasteiger partial charge is 0.326 e. The van der Waals surface area contributed by atoms with Crippen LogP contribution in [-0.4, -0.2) is 61.8 Å². The van der Waals surface area contributed by atoms with Crippen molar-refractivity contribution in [2.45, 2.75) is 70.6 Å². The molecular formula is C26H30IN5O5. The Kier molecular flexibility index (Phi) is 7.50. The Morgan fingerprint density at radius 2 is 2.00 bits per heavy atom. The fourth-order valence-electron chi connectivity index (χ4n) is 5.02. The van der Waals surface area contributed by atoms with E-state index in [1.165, 1.54) is 10.5 Å². The predicted octanol–water partition coefficient (Wildman–Crippen LogP) is 4.06. The van der Waals surface area contributed by atoms with Crippen molar-refractivity contribution in [2.24, 2.45) is 5.92 Å². The Morgan fingerprint density at radius 3 is 2.78 bits per heavy atom. The Morgan fingerprint density at radius 1 is 1.19 bits per heavy atom. The number of hydrogen-bond donors (Lipinski definition) is 2. The maximum Gasteiger partial charge on any atom is 0.326 e. The number of nitrogens with zero attached hydrogens (tertiary/aromatic N) is 4. The third-order valence-corrected chi connectivity index (χ3v) is 7.87. The largest absolute Gasteiger partial charge is 0.480 e. The van der Waals surface area contributed by atoms with Crippen LogP contribution >= 0.6 is 22.6 Å². The van der Waals surface area contributed by atoms with Gasteiger partial charge in [-0.2, -0.15) is 0 Å². The van der Waals surface area contributed by atoms with Gasteiger partial charge in [0, 0.05) is 33.4 Å². The summed E-state index contributed by atoms with van der Waals surface area (Å²) in [5, 5.41) is 23.1. The number of ether oxygens (including phenoxy) is 1. The first kappa shape index (κ1) is 25.7. The molecule has 3 atom stereocenters. The first-order valence-corrected chi connectivity index (χ1v) is 13.7. The number of carbonyl (C=O) groups excluding carboxylic acids is 1. The van der Waals surface area contributed by atoms with E-state index in [0.717, 1.165) is 40.0 Å². The first-order valence-electron chi connectivity index (χ1n) is 12.7. The van der Waals surface area contributed by atoms with Gasteiger partial charge in [0.1, 0.15) is 18.2 Å². The van der Waals surface area contributed by atoms with Gasteiger partial charge in [-0.05, 0) is 59.4 Å². The lowest BCUT2D eigenvalue weighted by atomic mass is 10.0. The highest BCUT2D eigenvalue weighted by molar-refractivity contribution is 14.1. The summed E-state index contributed by atoms with van der Waals surface area (Å²) in [5.74, 6) is -0.563. The van der Waals surface area contributed by atoms with Crippen LogP contribution in [0.2, 0.25) is 0 Å². The molecule has 0 spiro atoms. The number of carbonyl (C=O) groups is 2. The van der Waals surface area contributed by atoms with Gasteiger partial charge in [0.2, 0.25) is 17.7 Å². The summed E-state index contributed by atoms with van der Waals surface area (Å²) in [6.45, 7) is 3.92. The van der Waals surface area contributed by atoms with Gasteiger partial charge in [0.15, 0.2) is 0 Å². The van der Waals surface area contributed by atoms with Crippen LogP contribution in [0.5, 0.6) is 5.88 Å². The molecule has 1 aromatic carbocycles. The van der Waals surface area contributed by atoms with Crippen LogP contribution < -0.4 is 10.1 Å². The van der Waals surface area contributed by atoms with E-state index in [-0.39, 0.29) is 30.8 Å². The number of aromatic nitrogens is 3. The maximum absolute atomic E-state index is 13.6. The average molecular weight is 619 g/mol. The minimum Gasteiger partial charge on any atom is -0.480 e. The number of nitrogens with one attached hydrogen (secondary N) is 1. The number of fused-ring (bicyclic) bond motifs is 5. The molecule has 4 heterocycles.